The molecule has 7 heteroatoms. The largest absolute Gasteiger partial charge is 0.497 e. The lowest BCUT2D eigenvalue weighted by Crippen LogP contribution is -2.50. The van der Waals surface area contributed by atoms with Crippen LogP contribution in [0.2, 0.25) is 0 Å². The second kappa shape index (κ2) is 7.13. The topological polar surface area (TPSA) is 87.1 Å². The summed E-state index contributed by atoms with van der Waals surface area (Å²) in [5.41, 5.74) is 1.28. The number of nitrogens with zero attached hydrogens (tertiary/aromatic N) is 1. The van der Waals surface area contributed by atoms with Crippen LogP contribution in [0.3, 0.4) is 0 Å². The molecule has 2 N–H and O–H groups in total. The lowest BCUT2D eigenvalue weighted by Gasteiger charge is -2.39. The first kappa shape index (κ1) is 17.9. The van der Waals surface area contributed by atoms with Gasteiger partial charge in [0.25, 0.3) is 0 Å². The zero-order valence-corrected chi connectivity index (χ0v) is 14.7. The third-order valence-electron chi connectivity index (χ3n) is 4.48. The highest BCUT2D eigenvalue weighted by Crippen LogP contribution is 2.37. The van der Waals surface area contributed by atoms with E-state index in [0.717, 1.165) is 5.56 Å². The molecule has 0 saturated carbocycles. The zero-order chi connectivity index (χ0) is 18.0. The summed E-state index contributed by atoms with van der Waals surface area (Å²) in [6.07, 6.45) is -0.632. The number of ether oxygens (including phenoxy) is 1. The minimum Gasteiger partial charge on any atom is -0.497 e. The number of hydrogen-bond acceptors (Lipinski definition) is 5. The molecule has 2 aromatic carbocycles. The minimum atomic E-state index is -3.77. The Morgan fingerprint density at radius 1 is 1.12 bits per heavy atom. The fourth-order valence-corrected chi connectivity index (χ4v) is 5.09. The van der Waals surface area contributed by atoms with Crippen LogP contribution in [0, 0.1) is 0 Å². The van der Waals surface area contributed by atoms with Crippen molar-refractivity contribution >= 4 is 10.0 Å². The lowest BCUT2D eigenvalue weighted by atomic mass is 9.95. The standard InChI is InChI=1S/C18H21NO5S/c1-24-14-8-6-13(7-9-14)12-16-18(21)15-4-2-3-5-17(15)25(22,23)19(16)10-11-20/h2-9,16,18,20-21H,10-12H2,1H3/t16-,18-/m0/s1. The molecular formula is C18H21NO5S. The fourth-order valence-electron chi connectivity index (χ4n) is 3.23. The van der Waals surface area contributed by atoms with Crippen molar-refractivity contribution in [2.24, 2.45) is 0 Å². The van der Waals surface area contributed by atoms with Crippen molar-refractivity contribution in [1.29, 1.82) is 0 Å². The van der Waals surface area contributed by atoms with E-state index in [4.69, 9.17) is 4.74 Å². The van der Waals surface area contributed by atoms with Crippen LogP contribution in [0.25, 0.3) is 0 Å². The van der Waals surface area contributed by atoms with Crippen molar-refractivity contribution in [2.45, 2.75) is 23.5 Å². The van der Waals surface area contributed by atoms with E-state index in [2.05, 4.69) is 0 Å². The van der Waals surface area contributed by atoms with Crippen molar-refractivity contribution < 1.29 is 23.4 Å². The normalized spacial score (nSPS) is 22.4. The van der Waals surface area contributed by atoms with Crippen LogP contribution < -0.4 is 4.74 Å². The molecule has 1 aliphatic rings. The SMILES string of the molecule is COc1ccc(C[C@H]2[C@@H](O)c3ccccc3S(=O)(=O)N2CCO)cc1. The first-order valence-electron chi connectivity index (χ1n) is 8.01. The number of methoxy groups -OCH3 is 1. The summed E-state index contributed by atoms with van der Waals surface area (Å²) >= 11 is 0. The molecule has 134 valence electrons. The van der Waals surface area contributed by atoms with Gasteiger partial charge in [-0.1, -0.05) is 30.3 Å². The van der Waals surface area contributed by atoms with Crippen LogP contribution in [-0.4, -0.2) is 49.2 Å². The molecule has 0 radical (unpaired) electrons. The number of hydrogen-bond donors (Lipinski definition) is 2. The van der Waals surface area contributed by atoms with E-state index in [1.54, 1.807) is 37.4 Å². The maximum absolute atomic E-state index is 12.9. The quantitative estimate of drug-likeness (QED) is 0.837. The number of fused-ring (bicyclic) bond motifs is 1. The molecule has 0 bridgehead atoms. The first-order valence-corrected chi connectivity index (χ1v) is 9.45. The second-order valence-corrected chi connectivity index (χ2v) is 7.80. The Kier molecular flexibility index (Phi) is 5.10. The molecule has 0 aliphatic carbocycles. The third kappa shape index (κ3) is 3.28. The third-order valence-corrected chi connectivity index (χ3v) is 6.48. The van der Waals surface area contributed by atoms with Crippen LogP contribution in [0.1, 0.15) is 17.2 Å². The van der Waals surface area contributed by atoms with Crippen molar-refractivity contribution in [3.8, 4) is 5.75 Å². The van der Waals surface area contributed by atoms with Gasteiger partial charge in [0.05, 0.1) is 30.8 Å². The van der Waals surface area contributed by atoms with Gasteiger partial charge in [-0.15, -0.1) is 0 Å². The van der Waals surface area contributed by atoms with Gasteiger partial charge in [-0.25, -0.2) is 8.42 Å². The predicted octanol–water partition coefficient (Wildman–Crippen LogP) is 1.34. The van der Waals surface area contributed by atoms with Gasteiger partial charge < -0.3 is 14.9 Å². The maximum Gasteiger partial charge on any atom is 0.243 e. The Morgan fingerprint density at radius 2 is 1.80 bits per heavy atom. The molecule has 3 rings (SSSR count). The van der Waals surface area contributed by atoms with Crippen LogP contribution in [0.4, 0.5) is 0 Å². The van der Waals surface area contributed by atoms with Crippen LogP contribution in [0.5, 0.6) is 5.75 Å². The van der Waals surface area contributed by atoms with Crippen LogP contribution in [-0.2, 0) is 16.4 Å². The van der Waals surface area contributed by atoms with Gasteiger partial charge in [0.2, 0.25) is 10.0 Å². The maximum atomic E-state index is 12.9. The summed E-state index contributed by atoms with van der Waals surface area (Å²) in [6.45, 7) is -0.373. The summed E-state index contributed by atoms with van der Waals surface area (Å²) in [4.78, 5) is 0.0990. The summed E-state index contributed by atoms with van der Waals surface area (Å²) in [5, 5.41) is 20.1. The Morgan fingerprint density at radius 3 is 2.44 bits per heavy atom. The molecule has 0 spiro atoms. The fraction of sp³-hybridized carbons (Fsp3) is 0.333. The molecule has 0 amide bonds. The number of β-amino-alcohol motifs (C(OH)–C–C–N with tert-alkyl or cyclic N) is 1. The van der Waals surface area contributed by atoms with Gasteiger partial charge in [-0.3, -0.25) is 0 Å². The summed E-state index contributed by atoms with van der Waals surface area (Å²) in [6, 6.07) is 13.1. The Balaban J connectivity index is 2.01. The van der Waals surface area contributed by atoms with Gasteiger partial charge in [0.1, 0.15) is 5.75 Å². The molecule has 25 heavy (non-hydrogen) atoms. The molecule has 0 aromatic heterocycles. The Bertz CT molecular complexity index is 835. The van der Waals surface area contributed by atoms with E-state index in [1.165, 1.54) is 10.4 Å². The first-order chi connectivity index (χ1) is 12.0. The number of benzene rings is 2. The average Bonchev–Trinajstić information content (AvgIpc) is 2.63. The summed E-state index contributed by atoms with van der Waals surface area (Å²) in [5.74, 6) is 0.707. The van der Waals surface area contributed by atoms with Gasteiger partial charge in [-0.2, -0.15) is 4.31 Å². The number of sulfonamides is 1. The number of aliphatic hydroxyl groups is 2. The smallest absolute Gasteiger partial charge is 0.243 e. The molecular weight excluding hydrogens is 342 g/mol. The van der Waals surface area contributed by atoms with Crippen molar-refractivity contribution in [2.75, 3.05) is 20.3 Å². The van der Waals surface area contributed by atoms with E-state index in [0.29, 0.717) is 17.7 Å². The Labute approximate surface area is 147 Å². The molecule has 1 aliphatic heterocycles. The monoisotopic (exact) mass is 363 g/mol. The van der Waals surface area contributed by atoms with Crippen molar-refractivity contribution in [3.05, 3.63) is 59.7 Å². The minimum absolute atomic E-state index is 0.0610. The predicted molar refractivity (Wildman–Crippen MR) is 92.9 cm³/mol. The zero-order valence-electron chi connectivity index (χ0n) is 13.9. The van der Waals surface area contributed by atoms with Crippen LogP contribution in [0.15, 0.2) is 53.4 Å². The van der Waals surface area contributed by atoms with E-state index in [1.807, 2.05) is 12.1 Å². The van der Waals surface area contributed by atoms with Gasteiger partial charge in [-0.05, 0) is 30.2 Å². The summed E-state index contributed by atoms with van der Waals surface area (Å²) < 4.78 is 32.2. The molecule has 0 saturated heterocycles. The van der Waals surface area contributed by atoms with Crippen molar-refractivity contribution in [3.63, 3.8) is 0 Å². The lowest BCUT2D eigenvalue weighted by molar-refractivity contribution is 0.0725. The molecule has 2 atom stereocenters. The highest BCUT2D eigenvalue weighted by Gasteiger charge is 2.43. The highest BCUT2D eigenvalue weighted by molar-refractivity contribution is 7.89. The van der Waals surface area contributed by atoms with Crippen molar-refractivity contribution in [1.82, 2.24) is 4.31 Å². The summed E-state index contributed by atoms with van der Waals surface area (Å²) in [7, 11) is -2.20. The Hall–Kier alpha value is -1.93. The highest BCUT2D eigenvalue weighted by atomic mass is 32.2. The number of rotatable bonds is 5. The molecule has 0 fully saturated rings. The van der Waals surface area contributed by atoms with E-state index in [9.17, 15) is 18.6 Å². The van der Waals surface area contributed by atoms with Crippen LogP contribution >= 0.6 is 0 Å². The number of aliphatic hydroxyl groups excluding tert-OH is 2. The van der Waals surface area contributed by atoms with E-state index in [-0.39, 0.29) is 18.0 Å². The van der Waals surface area contributed by atoms with Gasteiger partial charge in [0.15, 0.2) is 0 Å². The average molecular weight is 363 g/mol. The van der Waals surface area contributed by atoms with E-state index < -0.39 is 22.2 Å². The molecule has 1 heterocycles. The molecule has 2 aromatic rings. The molecule has 0 unspecified atom stereocenters. The van der Waals surface area contributed by atoms with Gasteiger partial charge in [0, 0.05) is 12.1 Å². The van der Waals surface area contributed by atoms with Gasteiger partial charge >= 0.3 is 0 Å². The van der Waals surface area contributed by atoms with E-state index >= 15 is 0 Å². The second-order valence-electron chi connectivity index (χ2n) is 5.94. The molecule has 6 nitrogen and oxygen atoms in total.